The molecule has 0 saturated carbocycles. The van der Waals surface area contributed by atoms with Crippen molar-refractivity contribution in [3.63, 3.8) is 0 Å². The van der Waals surface area contributed by atoms with Crippen LogP contribution in [-0.2, 0) is 11.8 Å². The second-order valence-electron chi connectivity index (χ2n) is 10.1. The van der Waals surface area contributed by atoms with Crippen LogP contribution >= 0.6 is 0 Å². The highest BCUT2D eigenvalue weighted by Crippen LogP contribution is 2.30. The van der Waals surface area contributed by atoms with E-state index >= 15 is 0 Å². The maximum absolute atomic E-state index is 12.8. The fourth-order valence-electron chi connectivity index (χ4n) is 5.43. The van der Waals surface area contributed by atoms with E-state index in [1.54, 1.807) is 10.9 Å². The van der Waals surface area contributed by atoms with Gasteiger partial charge in [-0.3, -0.25) is 9.69 Å². The van der Waals surface area contributed by atoms with E-state index in [1.165, 1.54) is 0 Å². The zero-order valence-corrected chi connectivity index (χ0v) is 21.3. The van der Waals surface area contributed by atoms with E-state index in [4.69, 9.17) is 4.74 Å². The number of amides is 1. The first kappa shape index (κ1) is 24.2. The number of rotatable bonds is 6. The lowest BCUT2D eigenvalue weighted by Gasteiger charge is -2.34. The molecule has 4 heterocycles. The summed E-state index contributed by atoms with van der Waals surface area (Å²) in [6.07, 6.45) is 6.86. The second-order valence-corrected chi connectivity index (χ2v) is 10.1. The number of piperidine rings is 1. The Morgan fingerprint density at radius 2 is 1.97 bits per heavy atom. The molecule has 0 spiro atoms. The van der Waals surface area contributed by atoms with Gasteiger partial charge in [0.25, 0.3) is 0 Å². The zero-order chi connectivity index (χ0) is 25.2. The van der Waals surface area contributed by atoms with E-state index < -0.39 is 0 Å². The molecule has 3 aromatic rings. The topological polar surface area (TPSA) is 100 Å². The molecule has 1 amide bonds. The smallest absolute Gasteiger partial charge is 0.239 e. The van der Waals surface area contributed by atoms with Crippen LogP contribution in [0.4, 0.5) is 0 Å². The number of carbonyl (C=O) groups is 1. The van der Waals surface area contributed by atoms with Crippen molar-refractivity contribution in [3.05, 3.63) is 35.9 Å². The van der Waals surface area contributed by atoms with Crippen LogP contribution in [0.1, 0.15) is 43.5 Å². The fourth-order valence-corrected chi connectivity index (χ4v) is 5.43. The number of ether oxygens (including phenoxy) is 1. The molecule has 0 N–H and O–H groups in total. The van der Waals surface area contributed by atoms with Crippen molar-refractivity contribution < 1.29 is 9.53 Å². The lowest BCUT2D eigenvalue weighted by molar-refractivity contribution is -0.137. The highest BCUT2D eigenvalue weighted by atomic mass is 16.5. The second kappa shape index (κ2) is 10.2. The van der Waals surface area contributed by atoms with Crippen molar-refractivity contribution in [2.45, 2.75) is 45.1 Å². The summed E-state index contributed by atoms with van der Waals surface area (Å²) >= 11 is 0. The Labute approximate surface area is 211 Å². The highest BCUT2D eigenvalue weighted by Gasteiger charge is 2.33. The number of hydrogen-bond donors (Lipinski definition) is 0. The average Bonchev–Trinajstić information content (AvgIpc) is 3.49. The molecule has 2 fully saturated rings. The molecule has 36 heavy (non-hydrogen) atoms. The minimum atomic E-state index is 0.0819. The Balaban J connectivity index is 1.17. The molecule has 2 aliphatic heterocycles. The number of benzene rings is 1. The van der Waals surface area contributed by atoms with Crippen molar-refractivity contribution in [3.8, 4) is 23.1 Å². The van der Waals surface area contributed by atoms with Gasteiger partial charge < -0.3 is 14.2 Å². The summed E-state index contributed by atoms with van der Waals surface area (Å²) in [4.78, 5) is 30.2. The largest absolute Gasteiger partial charge is 0.493 e. The first-order valence-corrected chi connectivity index (χ1v) is 12.8. The Morgan fingerprint density at radius 1 is 1.17 bits per heavy atom. The molecule has 9 nitrogen and oxygen atoms in total. The molecule has 2 aromatic heterocycles. The molecule has 0 bridgehead atoms. The van der Waals surface area contributed by atoms with Gasteiger partial charge in [-0.2, -0.15) is 10.2 Å². The van der Waals surface area contributed by atoms with Gasteiger partial charge in [-0.05, 0) is 82.3 Å². The Bertz CT molecular complexity index is 1300. The van der Waals surface area contributed by atoms with Gasteiger partial charge in [0.2, 0.25) is 11.7 Å². The van der Waals surface area contributed by atoms with Crippen molar-refractivity contribution in [2.75, 3.05) is 33.3 Å². The van der Waals surface area contributed by atoms with Crippen LogP contribution in [0.3, 0.4) is 0 Å². The van der Waals surface area contributed by atoms with Crippen LogP contribution in [0, 0.1) is 24.2 Å². The summed E-state index contributed by atoms with van der Waals surface area (Å²) in [6.45, 7) is 5.41. The van der Waals surface area contributed by atoms with Crippen LogP contribution in [0.15, 0.2) is 24.5 Å². The van der Waals surface area contributed by atoms with Gasteiger partial charge in [0.1, 0.15) is 23.0 Å². The first-order chi connectivity index (χ1) is 17.4. The van der Waals surface area contributed by atoms with Crippen molar-refractivity contribution in [2.24, 2.45) is 13.0 Å². The molecular weight excluding hydrogens is 454 g/mol. The molecule has 2 saturated heterocycles. The Morgan fingerprint density at radius 3 is 2.67 bits per heavy atom. The van der Waals surface area contributed by atoms with E-state index in [2.05, 4.69) is 31.8 Å². The van der Waals surface area contributed by atoms with Crippen molar-refractivity contribution >= 4 is 17.1 Å². The standard InChI is InChI=1S/C27H33N7O2/c1-18-15-20(24-25-26(33(3)17-29-25)31-23(16-28)30-24)6-7-22(18)36-14-10-19-8-12-34(13-9-19)27(35)21-5-4-11-32(21)2/h6-7,15,17,19,21H,4-5,8-14H2,1-3H3/t21-/m0/s1. The number of nitriles is 1. The Kier molecular flexibility index (Phi) is 6.88. The molecular formula is C27H33N7O2. The lowest BCUT2D eigenvalue weighted by atomic mass is 9.93. The van der Waals surface area contributed by atoms with Gasteiger partial charge in [0, 0.05) is 25.7 Å². The van der Waals surface area contributed by atoms with Gasteiger partial charge in [0.15, 0.2) is 5.65 Å². The van der Waals surface area contributed by atoms with Crippen LogP contribution in [-0.4, -0.2) is 74.6 Å². The summed E-state index contributed by atoms with van der Waals surface area (Å²) in [7, 11) is 3.91. The molecule has 0 aliphatic carbocycles. The van der Waals surface area contributed by atoms with E-state index in [1.807, 2.05) is 38.2 Å². The van der Waals surface area contributed by atoms with E-state index in [9.17, 15) is 10.1 Å². The number of nitrogens with zero attached hydrogens (tertiary/aromatic N) is 7. The molecule has 2 aliphatic rings. The number of fused-ring (bicyclic) bond motifs is 1. The number of carbonyl (C=O) groups excluding carboxylic acids is 1. The number of hydrogen-bond acceptors (Lipinski definition) is 7. The molecule has 0 unspecified atom stereocenters. The van der Waals surface area contributed by atoms with Gasteiger partial charge in [0.05, 0.1) is 19.0 Å². The number of aryl methyl sites for hydroxylation is 2. The predicted octanol–water partition coefficient (Wildman–Crippen LogP) is 3.31. The van der Waals surface area contributed by atoms with Crippen molar-refractivity contribution in [1.82, 2.24) is 29.3 Å². The van der Waals surface area contributed by atoms with Crippen LogP contribution < -0.4 is 4.74 Å². The summed E-state index contributed by atoms with van der Waals surface area (Å²) < 4.78 is 7.94. The number of imidazole rings is 1. The molecule has 1 aromatic carbocycles. The van der Waals surface area contributed by atoms with Gasteiger partial charge in [-0.15, -0.1) is 0 Å². The maximum atomic E-state index is 12.8. The van der Waals surface area contributed by atoms with E-state index in [-0.39, 0.29) is 11.9 Å². The molecule has 5 rings (SSSR count). The molecule has 0 radical (unpaired) electrons. The first-order valence-electron chi connectivity index (χ1n) is 12.8. The number of aromatic nitrogens is 4. The van der Waals surface area contributed by atoms with Crippen molar-refractivity contribution in [1.29, 1.82) is 5.26 Å². The summed E-state index contributed by atoms with van der Waals surface area (Å²) in [5, 5.41) is 9.36. The zero-order valence-electron chi connectivity index (χ0n) is 21.3. The number of likely N-dealkylation sites (tertiary alicyclic amines) is 2. The van der Waals surface area contributed by atoms with Crippen LogP contribution in [0.25, 0.3) is 22.4 Å². The number of likely N-dealkylation sites (N-methyl/N-ethyl adjacent to an activating group) is 1. The average molecular weight is 488 g/mol. The summed E-state index contributed by atoms with van der Waals surface area (Å²) in [5.41, 5.74) is 3.85. The van der Waals surface area contributed by atoms with Gasteiger partial charge in [-0.25, -0.2) is 9.97 Å². The predicted molar refractivity (Wildman–Crippen MR) is 136 cm³/mol. The SMILES string of the molecule is Cc1cc(-c2nc(C#N)nc3c2ncn3C)ccc1OCCC1CCN(C(=O)[C@@H]2CCCN2C)CC1. The monoisotopic (exact) mass is 487 g/mol. The van der Waals surface area contributed by atoms with E-state index in [0.717, 1.165) is 68.6 Å². The summed E-state index contributed by atoms with van der Waals surface area (Å²) in [5.74, 6) is 1.87. The van der Waals surface area contributed by atoms with Gasteiger partial charge >= 0.3 is 0 Å². The molecule has 188 valence electrons. The third-order valence-corrected chi connectivity index (χ3v) is 7.62. The molecule has 1 atom stereocenters. The summed E-state index contributed by atoms with van der Waals surface area (Å²) in [6, 6.07) is 8.08. The van der Waals surface area contributed by atoms with Crippen LogP contribution in [0.5, 0.6) is 5.75 Å². The minimum Gasteiger partial charge on any atom is -0.493 e. The minimum absolute atomic E-state index is 0.0819. The normalized spacial score (nSPS) is 19.1. The fraction of sp³-hybridized carbons (Fsp3) is 0.519. The van der Waals surface area contributed by atoms with Gasteiger partial charge in [-0.1, -0.05) is 0 Å². The maximum Gasteiger partial charge on any atom is 0.239 e. The lowest BCUT2D eigenvalue weighted by Crippen LogP contribution is -2.47. The highest BCUT2D eigenvalue weighted by molar-refractivity contribution is 5.88. The van der Waals surface area contributed by atoms with E-state index in [0.29, 0.717) is 35.3 Å². The third-order valence-electron chi connectivity index (χ3n) is 7.62. The third kappa shape index (κ3) is 4.78. The molecule has 9 heteroatoms. The van der Waals surface area contributed by atoms with Crippen LogP contribution in [0.2, 0.25) is 0 Å². The quantitative estimate of drug-likeness (QED) is 0.526. The Hall–Kier alpha value is -3.51.